The van der Waals surface area contributed by atoms with Crippen molar-refractivity contribution in [3.05, 3.63) is 77.4 Å². The van der Waals surface area contributed by atoms with Gasteiger partial charge in [-0.05, 0) is 36.0 Å². The van der Waals surface area contributed by atoms with E-state index in [2.05, 4.69) is 11.9 Å². The lowest BCUT2D eigenvalue weighted by molar-refractivity contribution is -0.132. The van der Waals surface area contributed by atoms with E-state index >= 15 is 0 Å². The van der Waals surface area contributed by atoms with Crippen molar-refractivity contribution in [2.75, 3.05) is 6.54 Å². The quantitative estimate of drug-likeness (QED) is 0.566. The van der Waals surface area contributed by atoms with Gasteiger partial charge in [0.1, 0.15) is 0 Å². The number of aliphatic carboxylic acids is 1. The van der Waals surface area contributed by atoms with Gasteiger partial charge in [0.15, 0.2) is 0 Å². The fourth-order valence-electron chi connectivity index (χ4n) is 2.44. The predicted octanol–water partition coefficient (Wildman–Crippen LogP) is 4.69. The third-order valence-corrected chi connectivity index (χ3v) is 3.77. The molecule has 24 heavy (non-hydrogen) atoms. The molecule has 0 spiro atoms. The number of hydrogen-bond donors (Lipinski definition) is 1. The van der Waals surface area contributed by atoms with E-state index in [0.29, 0.717) is 18.5 Å². The maximum Gasteiger partial charge on any atom is 0.331 e. The Morgan fingerprint density at radius 2 is 1.62 bits per heavy atom. The first-order valence-electron chi connectivity index (χ1n) is 8.19. The molecule has 0 fully saturated rings. The molecule has 0 amide bonds. The minimum atomic E-state index is -0.849. The van der Waals surface area contributed by atoms with E-state index < -0.39 is 5.97 Å². The van der Waals surface area contributed by atoms with Crippen molar-refractivity contribution in [3.63, 3.8) is 0 Å². The van der Waals surface area contributed by atoms with Gasteiger partial charge in [-0.15, -0.1) is 0 Å². The first kappa shape index (κ1) is 17.7. The molecule has 0 saturated heterocycles. The average molecular weight is 321 g/mol. The molecule has 3 nitrogen and oxygen atoms in total. The van der Waals surface area contributed by atoms with E-state index in [1.165, 1.54) is 0 Å². The van der Waals surface area contributed by atoms with Crippen molar-refractivity contribution in [2.45, 2.75) is 19.8 Å². The molecular formula is C21H23NO2. The molecule has 0 radical (unpaired) electrons. The van der Waals surface area contributed by atoms with Gasteiger partial charge in [-0.3, -0.25) is 4.99 Å². The van der Waals surface area contributed by atoms with Crippen molar-refractivity contribution in [3.8, 4) is 0 Å². The highest BCUT2D eigenvalue weighted by molar-refractivity contribution is 5.92. The Morgan fingerprint density at radius 1 is 1.04 bits per heavy atom. The fourth-order valence-corrected chi connectivity index (χ4v) is 2.44. The molecule has 0 bridgehead atoms. The number of carboxylic acids is 1. The van der Waals surface area contributed by atoms with Gasteiger partial charge in [0.25, 0.3) is 0 Å². The number of benzene rings is 2. The molecule has 3 heteroatoms. The molecule has 0 saturated carbocycles. The summed E-state index contributed by atoms with van der Waals surface area (Å²) < 4.78 is 0. The van der Waals surface area contributed by atoms with E-state index in [9.17, 15) is 9.90 Å². The van der Waals surface area contributed by atoms with Crippen LogP contribution in [0.2, 0.25) is 0 Å². The molecule has 0 aliphatic heterocycles. The Kier molecular flexibility index (Phi) is 6.96. The summed E-state index contributed by atoms with van der Waals surface area (Å²) in [4.78, 5) is 15.9. The second kappa shape index (κ2) is 9.46. The third kappa shape index (κ3) is 6.21. The highest BCUT2D eigenvalue weighted by Crippen LogP contribution is 2.18. The van der Waals surface area contributed by atoms with E-state index in [1.807, 2.05) is 66.9 Å². The highest BCUT2D eigenvalue weighted by Gasteiger charge is 2.12. The van der Waals surface area contributed by atoms with Crippen molar-refractivity contribution >= 4 is 18.3 Å². The fraction of sp³-hybridized carbons (Fsp3) is 0.238. The van der Waals surface area contributed by atoms with Crippen LogP contribution in [0.4, 0.5) is 0 Å². The molecule has 1 atom stereocenters. The SMILES string of the molecule is CC(CCN=Cc1ccccc1)CC(=Cc1ccccc1)C(=O)O. The Labute approximate surface area is 143 Å². The predicted molar refractivity (Wildman–Crippen MR) is 99.4 cm³/mol. The Hall–Kier alpha value is -2.68. The largest absolute Gasteiger partial charge is 0.478 e. The number of nitrogens with zero attached hydrogens (tertiary/aromatic N) is 1. The molecule has 2 rings (SSSR count). The smallest absolute Gasteiger partial charge is 0.331 e. The monoisotopic (exact) mass is 321 g/mol. The topological polar surface area (TPSA) is 49.7 Å². The lowest BCUT2D eigenvalue weighted by atomic mass is 9.96. The lowest BCUT2D eigenvalue weighted by Gasteiger charge is -2.10. The molecule has 124 valence electrons. The Bertz CT molecular complexity index is 690. The van der Waals surface area contributed by atoms with Gasteiger partial charge in [0.05, 0.1) is 0 Å². The second-order valence-corrected chi connectivity index (χ2v) is 5.93. The van der Waals surface area contributed by atoms with Crippen LogP contribution in [0.25, 0.3) is 6.08 Å². The molecule has 0 aliphatic rings. The summed E-state index contributed by atoms with van der Waals surface area (Å²) in [6.45, 7) is 2.77. The number of rotatable bonds is 8. The first-order chi connectivity index (χ1) is 11.6. The molecule has 1 unspecified atom stereocenters. The first-order valence-corrected chi connectivity index (χ1v) is 8.19. The number of aliphatic imine (C=N–C) groups is 1. The molecule has 0 aromatic heterocycles. The zero-order valence-corrected chi connectivity index (χ0v) is 13.9. The van der Waals surface area contributed by atoms with Crippen molar-refractivity contribution < 1.29 is 9.90 Å². The number of carboxylic acid groups (broad SMARTS) is 1. The van der Waals surface area contributed by atoms with Crippen LogP contribution in [0.3, 0.4) is 0 Å². The Balaban J connectivity index is 1.87. The summed E-state index contributed by atoms with van der Waals surface area (Å²) in [6.07, 6.45) is 5.03. The van der Waals surface area contributed by atoms with Crippen molar-refractivity contribution in [2.24, 2.45) is 10.9 Å². The van der Waals surface area contributed by atoms with Crippen molar-refractivity contribution in [1.29, 1.82) is 0 Å². The summed E-state index contributed by atoms with van der Waals surface area (Å²) in [5.74, 6) is -0.581. The van der Waals surface area contributed by atoms with Crippen LogP contribution in [0.5, 0.6) is 0 Å². The van der Waals surface area contributed by atoms with Gasteiger partial charge >= 0.3 is 5.97 Å². The van der Waals surface area contributed by atoms with E-state index in [-0.39, 0.29) is 5.92 Å². The minimum absolute atomic E-state index is 0.268. The third-order valence-electron chi connectivity index (χ3n) is 3.77. The second-order valence-electron chi connectivity index (χ2n) is 5.93. The summed E-state index contributed by atoms with van der Waals surface area (Å²) >= 11 is 0. The zero-order valence-electron chi connectivity index (χ0n) is 13.9. The average Bonchev–Trinajstić information content (AvgIpc) is 2.60. The van der Waals surface area contributed by atoms with Gasteiger partial charge < -0.3 is 5.11 Å². The lowest BCUT2D eigenvalue weighted by Crippen LogP contribution is -2.07. The maximum atomic E-state index is 11.5. The van der Waals surface area contributed by atoms with E-state index in [4.69, 9.17) is 0 Å². The molecule has 2 aromatic carbocycles. The van der Waals surface area contributed by atoms with Crippen LogP contribution in [-0.4, -0.2) is 23.8 Å². The molecule has 0 aliphatic carbocycles. The van der Waals surface area contributed by atoms with Crippen LogP contribution >= 0.6 is 0 Å². The Morgan fingerprint density at radius 3 is 2.21 bits per heavy atom. The van der Waals surface area contributed by atoms with Crippen molar-refractivity contribution in [1.82, 2.24) is 0 Å². The van der Waals surface area contributed by atoms with Gasteiger partial charge in [-0.1, -0.05) is 67.6 Å². The van der Waals surface area contributed by atoms with Gasteiger partial charge in [-0.25, -0.2) is 4.79 Å². The van der Waals surface area contributed by atoms with Gasteiger partial charge in [0, 0.05) is 18.3 Å². The van der Waals surface area contributed by atoms with Crippen LogP contribution in [0.1, 0.15) is 30.9 Å². The van der Waals surface area contributed by atoms with E-state index in [1.54, 1.807) is 6.08 Å². The van der Waals surface area contributed by atoms with Crippen LogP contribution < -0.4 is 0 Å². The molecule has 1 N–H and O–H groups in total. The summed E-state index contributed by atoms with van der Waals surface area (Å²) in [5, 5.41) is 9.41. The standard InChI is InChI=1S/C21H23NO2/c1-17(12-13-22-16-19-10-6-3-7-11-19)14-20(21(23)24)15-18-8-4-2-5-9-18/h2-11,15-17H,12-14H2,1H3,(H,23,24). The van der Waals surface area contributed by atoms with Gasteiger partial charge in [-0.2, -0.15) is 0 Å². The molecular weight excluding hydrogens is 298 g/mol. The summed E-state index contributed by atoms with van der Waals surface area (Å²) in [6, 6.07) is 19.5. The highest BCUT2D eigenvalue weighted by atomic mass is 16.4. The van der Waals surface area contributed by atoms with Crippen LogP contribution in [0, 0.1) is 5.92 Å². The summed E-state index contributed by atoms with van der Waals surface area (Å²) in [7, 11) is 0. The minimum Gasteiger partial charge on any atom is -0.478 e. The number of hydrogen-bond acceptors (Lipinski definition) is 2. The zero-order chi connectivity index (χ0) is 17.2. The summed E-state index contributed by atoms with van der Waals surface area (Å²) in [5.41, 5.74) is 2.45. The maximum absolute atomic E-state index is 11.5. The van der Waals surface area contributed by atoms with E-state index in [0.717, 1.165) is 17.5 Å². The normalized spacial score (nSPS) is 13.1. The van der Waals surface area contributed by atoms with Crippen LogP contribution in [-0.2, 0) is 4.79 Å². The van der Waals surface area contributed by atoms with Crippen LogP contribution in [0.15, 0.2) is 71.2 Å². The molecule has 0 heterocycles. The van der Waals surface area contributed by atoms with Gasteiger partial charge in [0.2, 0.25) is 0 Å². The molecule has 2 aromatic rings. The number of carbonyl (C=O) groups is 1.